The van der Waals surface area contributed by atoms with Crippen molar-refractivity contribution in [3.05, 3.63) is 23.4 Å². The summed E-state index contributed by atoms with van der Waals surface area (Å²) in [5, 5.41) is 0. The molecule has 0 aliphatic rings. The van der Waals surface area contributed by atoms with Gasteiger partial charge < -0.3 is 4.74 Å². The van der Waals surface area contributed by atoms with Gasteiger partial charge in [0, 0.05) is 11.8 Å². The Morgan fingerprint density at radius 2 is 2.31 bits per heavy atom. The van der Waals surface area contributed by atoms with E-state index in [-0.39, 0.29) is 0 Å². The molecule has 0 saturated heterocycles. The molecule has 0 atom stereocenters. The molecule has 0 unspecified atom stereocenters. The molecule has 72 valence electrons. The van der Waals surface area contributed by atoms with Crippen molar-refractivity contribution in [1.82, 2.24) is 4.98 Å². The van der Waals surface area contributed by atoms with Crippen LogP contribution in [0.25, 0.3) is 0 Å². The van der Waals surface area contributed by atoms with E-state index in [1.54, 1.807) is 7.11 Å². The molecule has 0 aliphatic heterocycles. The molecule has 1 rings (SSSR count). The van der Waals surface area contributed by atoms with Gasteiger partial charge in [0.2, 0.25) is 5.88 Å². The van der Waals surface area contributed by atoms with Gasteiger partial charge in [-0.05, 0) is 37.1 Å². The maximum Gasteiger partial charge on any atom is 0.215 e. The molecule has 1 aromatic rings. The Balaban J connectivity index is 2.71. The summed E-state index contributed by atoms with van der Waals surface area (Å²) in [4.78, 5) is 4.20. The molecule has 0 bridgehead atoms. The Kier molecular flexibility index (Phi) is 4.09. The number of ether oxygens (including phenoxy) is 1. The molecule has 0 amide bonds. The van der Waals surface area contributed by atoms with Crippen LogP contribution in [0.3, 0.4) is 0 Å². The van der Waals surface area contributed by atoms with E-state index in [1.165, 1.54) is 5.56 Å². The number of rotatable bonds is 4. The van der Waals surface area contributed by atoms with Crippen LogP contribution in [0.4, 0.5) is 0 Å². The van der Waals surface area contributed by atoms with Crippen LogP contribution < -0.4 is 4.74 Å². The van der Waals surface area contributed by atoms with Crippen molar-refractivity contribution in [2.75, 3.05) is 12.9 Å². The topological polar surface area (TPSA) is 22.1 Å². The van der Waals surface area contributed by atoms with Crippen molar-refractivity contribution in [1.29, 1.82) is 0 Å². The summed E-state index contributed by atoms with van der Waals surface area (Å²) in [7, 11) is 1.64. The lowest BCUT2D eigenvalue weighted by molar-refractivity contribution is 0.394. The predicted molar refractivity (Wildman–Crippen MR) is 57.7 cm³/mol. The fraction of sp³-hybridized carbons (Fsp3) is 0.500. The van der Waals surface area contributed by atoms with Crippen molar-refractivity contribution in [2.24, 2.45) is 0 Å². The number of aromatic nitrogens is 1. The van der Waals surface area contributed by atoms with E-state index in [0.29, 0.717) is 0 Å². The van der Waals surface area contributed by atoms with Crippen LogP contribution in [0.2, 0.25) is 0 Å². The third-order valence-electron chi connectivity index (χ3n) is 1.90. The number of pyridine rings is 1. The normalized spacial score (nSPS) is 10.1. The number of hydrogen-bond donors (Lipinski definition) is 1. The lowest BCUT2D eigenvalue weighted by atomic mass is 10.1. The molecule has 0 aliphatic carbocycles. The molecule has 1 heterocycles. The minimum atomic E-state index is 0.717. The molecule has 0 radical (unpaired) electrons. The molecule has 0 saturated carbocycles. The van der Waals surface area contributed by atoms with Crippen LogP contribution in [0.15, 0.2) is 12.3 Å². The van der Waals surface area contributed by atoms with Gasteiger partial charge in [0.1, 0.15) is 0 Å². The second kappa shape index (κ2) is 5.12. The molecule has 13 heavy (non-hydrogen) atoms. The van der Waals surface area contributed by atoms with Crippen molar-refractivity contribution in [2.45, 2.75) is 19.8 Å². The molecule has 3 heteroatoms. The summed E-state index contributed by atoms with van der Waals surface area (Å²) >= 11 is 4.17. The Labute approximate surface area is 84.7 Å². The summed E-state index contributed by atoms with van der Waals surface area (Å²) < 4.78 is 5.08. The number of hydrogen-bond acceptors (Lipinski definition) is 3. The van der Waals surface area contributed by atoms with Crippen LogP contribution in [-0.4, -0.2) is 17.8 Å². The Bertz CT molecular complexity index is 276. The molecule has 0 spiro atoms. The molecule has 0 N–H and O–H groups in total. The molecule has 2 nitrogen and oxygen atoms in total. The summed E-state index contributed by atoms with van der Waals surface area (Å²) in [5.41, 5.74) is 2.35. The second-order valence-electron chi connectivity index (χ2n) is 3.00. The van der Waals surface area contributed by atoms with Gasteiger partial charge in [-0.1, -0.05) is 0 Å². The van der Waals surface area contributed by atoms with E-state index in [4.69, 9.17) is 4.74 Å². The first-order valence-electron chi connectivity index (χ1n) is 4.38. The highest BCUT2D eigenvalue weighted by Crippen LogP contribution is 2.15. The summed E-state index contributed by atoms with van der Waals surface area (Å²) in [6.45, 7) is 2.01. The number of aryl methyl sites for hydroxylation is 2. The van der Waals surface area contributed by atoms with E-state index in [0.717, 1.165) is 30.0 Å². The molecular formula is C10H15NOS. The summed E-state index contributed by atoms with van der Waals surface area (Å²) in [6.07, 6.45) is 4.01. The van der Waals surface area contributed by atoms with Crippen LogP contribution in [-0.2, 0) is 6.42 Å². The number of thiol groups is 1. The van der Waals surface area contributed by atoms with E-state index in [1.807, 2.05) is 13.1 Å². The van der Waals surface area contributed by atoms with Crippen LogP contribution in [0.1, 0.15) is 17.5 Å². The first-order valence-corrected chi connectivity index (χ1v) is 5.01. The summed E-state index contributed by atoms with van der Waals surface area (Å²) in [6, 6.07) is 2.12. The van der Waals surface area contributed by atoms with Gasteiger partial charge in [-0.25, -0.2) is 4.98 Å². The van der Waals surface area contributed by atoms with E-state index in [2.05, 4.69) is 23.7 Å². The highest BCUT2D eigenvalue weighted by atomic mass is 32.1. The quantitative estimate of drug-likeness (QED) is 0.748. The SMILES string of the molecule is COc1ncc(CCCS)cc1C. The van der Waals surface area contributed by atoms with Crippen molar-refractivity contribution >= 4 is 12.6 Å². The van der Waals surface area contributed by atoms with E-state index < -0.39 is 0 Å². The average molecular weight is 197 g/mol. The average Bonchev–Trinajstić information content (AvgIpc) is 2.15. The number of methoxy groups -OCH3 is 1. The predicted octanol–water partition coefficient (Wildman–Crippen LogP) is 2.26. The monoisotopic (exact) mass is 197 g/mol. The van der Waals surface area contributed by atoms with Gasteiger partial charge in [0.25, 0.3) is 0 Å². The van der Waals surface area contributed by atoms with Gasteiger partial charge in [-0.3, -0.25) is 0 Å². The van der Waals surface area contributed by atoms with Gasteiger partial charge in [-0.2, -0.15) is 12.6 Å². The Hall–Kier alpha value is -0.700. The van der Waals surface area contributed by atoms with E-state index >= 15 is 0 Å². The molecule has 0 fully saturated rings. The summed E-state index contributed by atoms with van der Waals surface area (Å²) in [5.74, 6) is 1.64. The van der Waals surface area contributed by atoms with E-state index in [9.17, 15) is 0 Å². The molecule has 1 aromatic heterocycles. The zero-order valence-electron chi connectivity index (χ0n) is 8.08. The Morgan fingerprint density at radius 1 is 1.54 bits per heavy atom. The van der Waals surface area contributed by atoms with Crippen LogP contribution in [0.5, 0.6) is 5.88 Å². The third-order valence-corrected chi connectivity index (χ3v) is 2.22. The standard InChI is InChI=1S/C10H15NOS/c1-8-6-9(4-3-5-13)7-11-10(8)12-2/h6-7,13H,3-5H2,1-2H3. The zero-order valence-corrected chi connectivity index (χ0v) is 8.97. The fourth-order valence-electron chi connectivity index (χ4n) is 1.25. The van der Waals surface area contributed by atoms with Gasteiger partial charge in [0.15, 0.2) is 0 Å². The zero-order chi connectivity index (χ0) is 9.68. The smallest absolute Gasteiger partial charge is 0.215 e. The molecular weight excluding hydrogens is 182 g/mol. The van der Waals surface area contributed by atoms with Gasteiger partial charge >= 0.3 is 0 Å². The fourth-order valence-corrected chi connectivity index (χ4v) is 1.41. The van der Waals surface area contributed by atoms with Crippen molar-refractivity contribution < 1.29 is 4.74 Å². The lowest BCUT2D eigenvalue weighted by Gasteiger charge is -2.05. The second-order valence-corrected chi connectivity index (χ2v) is 3.44. The van der Waals surface area contributed by atoms with Crippen LogP contribution in [0, 0.1) is 6.92 Å². The third kappa shape index (κ3) is 2.92. The minimum absolute atomic E-state index is 0.717. The maximum atomic E-state index is 5.08. The van der Waals surface area contributed by atoms with Crippen molar-refractivity contribution in [3.63, 3.8) is 0 Å². The maximum absolute atomic E-state index is 5.08. The van der Waals surface area contributed by atoms with Gasteiger partial charge in [0.05, 0.1) is 7.11 Å². The number of nitrogens with zero attached hydrogens (tertiary/aromatic N) is 1. The highest BCUT2D eigenvalue weighted by molar-refractivity contribution is 7.80. The molecule has 0 aromatic carbocycles. The van der Waals surface area contributed by atoms with Gasteiger partial charge in [-0.15, -0.1) is 0 Å². The lowest BCUT2D eigenvalue weighted by Crippen LogP contribution is -1.94. The Morgan fingerprint density at radius 3 is 2.85 bits per heavy atom. The first kappa shape index (κ1) is 10.4. The minimum Gasteiger partial charge on any atom is -0.481 e. The van der Waals surface area contributed by atoms with Crippen molar-refractivity contribution in [3.8, 4) is 5.88 Å². The largest absolute Gasteiger partial charge is 0.481 e. The van der Waals surface area contributed by atoms with Crippen LogP contribution >= 0.6 is 12.6 Å². The first-order chi connectivity index (χ1) is 6.27. The highest BCUT2D eigenvalue weighted by Gasteiger charge is 2.00.